The number of carboxylic acids is 1. The fourth-order valence-electron chi connectivity index (χ4n) is 3.23. The lowest BCUT2D eigenvalue weighted by Crippen LogP contribution is -2.48. The van der Waals surface area contributed by atoms with Gasteiger partial charge in [-0.3, -0.25) is 14.4 Å². The number of hydrogen-bond donors (Lipinski definition) is 5. The van der Waals surface area contributed by atoms with Crippen LogP contribution in [0.25, 0.3) is 0 Å². The first-order valence-corrected chi connectivity index (χ1v) is 11.4. The van der Waals surface area contributed by atoms with Crippen LogP contribution in [0.3, 0.4) is 0 Å². The van der Waals surface area contributed by atoms with Gasteiger partial charge in [0.15, 0.2) is 0 Å². The van der Waals surface area contributed by atoms with Crippen LogP contribution >= 0.6 is 23.2 Å². The second kappa shape index (κ2) is 12.2. The summed E-state index contributed by atoms with van der Waals surface area (Å²) in [5, 5.41) is 25.7. The maximum Gasteiger partial charge on any atom is 0.328 e. The minimum atomic E-state index is -1.57. The zero-order valence-electron chi connectivity index (χ0n) is 18.9. The summed E-state index contributed by atoms with van der Waals surface area (Å²) in [5.74, 6) is -4.30. The number of hydrogen-bond acceptors (Lipinski definition) is 5. The van der Waals surface area contributed by atoms with Crippen molar-refractivity contribution in [2.75, 3.05) is 6.54 Å². The number of benzene rings is 3. The molecular weight excluding hydrogens is 528 g/mol. The van der Waals surface area contributed by atoms with Crippen molar-refractivity contribution in [1.29, 1.82) is 0 Å². The van der Waals surface area contributed by atoms with Crippen molar-refractivity contribution in [3.8, 4) is 5.75 Å². The summed E-state index contributed by atoms with van der Waals surface area (Å²) in [5.41, 5.74) is 0.393. The topological polar surface area (TPSA) is 145 Å². The monoisotopic (exact) mass is 547 g/mol. The predicted molar refractivity (Wildman–Crippen MR) is 133 cm³/mol. The van der Waals surface area contributed by atoms with Gasteiger partial charge < -0.3 is 26.2 Å². The molecule has 9 nitrogen and oxygen atoms in total. The van der Waals surface area contributed by atoms with Gasteiger partial charge in [0.25, 0.3) is 17.7 Å². The molecule has 0 fully saturated rings. The zero-order valence-corrected chi connectivity index (χ0v) is 20.4. The molecule has 0 aromatic heterocycles. The summed E-state index contributed by atoms with van der Waals surface area (Å²) in [6, 6.07) is 11.9. The average molecular weight is 548 g/mol. The Morgan fingerprint density at radius 2 is 1.49 bits per heavy atom. The smallest absolute Gasteiger partial charge is 0.328 e. The fourth-order valence-corrected chi connectivity index (χ4v) is 3.89. The van der Waals surface area contributed by atoms with E-state index in [1.165, 1.54) is 36.4 Å². The Bertz CT molecular complexity index is 1340. The maximum atomic E-state index is 13.3. The Hall–Kier alpha value is -4.15. The molecule has 0 aliphatic carbocycles. The summed E-state index contributed by atoms with van der Waals surface area (Å²) in [6.45, 7) is -0.409. The van der Waals surface area contributed by atoms with Gasteiger partial charge in [0.2, 0.25) is 0 Å². The number of rotatable bonds is 9. The highest BCUT2D eigenvalue weighted by molar-refractivity contribution is 6.40. The van der Waals surface area contributed by atoms with E-state index in [-0.39, 0.29) is 39.0 Å². The molecule has 3 amide bonds. The lowest BCUT2D eigenvalue weighted by atomic mass is 10.1. The fraction of sp³-hybridized carbons (Fsp3) is 0.120. The molecule has 0 heterocycles. The molecule has 0 spiro atoms. The zero-order chi connectivity index (χ0) is 27.1. The van der Waals surface area contributed by atoms with E-state index in [4.69, 9.17) is 23.2 Å². The second-order valence-corrected chi connectivity index (χ2v) is 8.57. The van der Waals surface area contributed by atoms with Crippen LogP contribution in [0.5, 0.6) is 5.75 Å². The molecule has 0 saturated carbocycles. The van der Waals surface area contributed by atoms with Crippen molar-refractivity contribution >= 4 is 46.9 Å². The number of carboxylic acid groups (broad SMARTS) is 1. The first-order valence-electron chi connectivity index (χ1n) is 10.7. The minimum Gasteiger partial charge on any atom is -0.508 e. The third kappa shape index (κ3) is 7.42. The van der Waals surface area contributed by atoms with Gasteiger partial charge in [-0.2, -0.15) is 0 Å². The van der Waals surface area contributed by atoms with E-state index in [0.29, 0.717) is 5.56 Å². The molecule has 0 saturated heterocycles. The summed E-state index contributed by atoms with van der Waals surface area (Å²) < 4.78 is 13.3. The van der Waals surface area contributed by atoms with Crippen LogP contribution in [0, 0.1) is 5.82 Å². The number of amides is 3. The van der Waals surface area contributed by atoms with Gasteiger partial charge in [-0.1, -0.05) is 41.4 Å². The van der Waals surface area contributed by atoms with Gasteiger partial charge in [0.05, 0.1) is 15.6 Å². The highest BCUT2D eigenvalue weighted by Crippen LogP contribution is 2.27. The first kappa shape index (κ1) is 27.4. The predicted octanol–water partition coefficient (Wildman–Crippen LogP) is 3.38. The number of phenols is 1. The number of aliphatic carboxylic acids is 1. The van der Waals surface area contributed by atoms with Crippen LogP contribution in [0.4, 0.5) is 4.39 Å². The van der Waals surface area contributed by atoms with Crippen LogP contribution in [0.15, 0.2) is 60.7 Å². The van der Waals surface area contributed by atoms with Crippen molar-refractivity contribution < 1.29 is 33.8 Å². The van der Waals surface area contributed by atoms with Crippen molar-refractivity contribution in [2.45, 2.75) is 12.6 Å². The number of halogens is 3. The van der Waals surface area contributed by atoms with E-state index in [2.05, 4.69) is 16.0 Å². The number of nitrogens with one attached hydrogen (secondary N) is 3. The Morgan fingerprint density at radius 1 is 0.838 bits per heavy atom. The van der Waals surface area contributed by atoms with E-state index in [0.717, 1.165) is 12.1 Å². The van der Waals surface area contributed by atoms with Crippen molar-refractivity contribution in [1.82, 2.24) is 16.0 Å². The number of carbonyl (C=O) groups excluding carboxylic acids is 3. The van der Waals surface area contributed by atoms with Gasteiger partial charge >= 0.3 is 5.97 Å². The van der Waals surface area contributed by atoms with Crippen LogP contribution in [-0.2, 0) is 11.3 Å². The normalized spacial score (nSPS) is 11.3. The minimum absolute atomic E-state index is 0.0283. The van der Waals surface area contributed by atoms with E-state index in [9.17, 15) is 33.8 Å². The molecule has 37 heavy (non-hydrogen) atoms. The summed E-state index contributed by atoms with van der Waals surface area (Å²) in [4.78, 5) is 49.1. The Labute approximate surface area is 220 Å². The van der Waals surface area contributed by atoms with Crippen molar-refractivity contribution in [3.63, 3.8) is 0 Å². The van der Waals surface area contributed by atoms with E-state index in [1.807, 2.05) is 0 Å². The van der Waals surface area contributed by atoms with E-state index >= 15 is 0 Å². The Kier molecular flexibility index (Phi) is 9.05. The van der Waals surface area contributed by atoms with E-state index < -0.39 is 42.1 Å². The highest BCUT2D eigenvalue weighted by atomic mass is 35.5. The maximum absolute atomic E-state index is 13.3. The van der Waals surface area contributed by atoms with Crippen molar-refractivity contribution in [2.24, 2.45) is 0 Å². The molecule has 0 bridgehead atoms. The molecular formula is C25H20Cl2FN3O6. The van der Waals surface area contributed by atoms with E-state index in [1.54, 1.807) is 12.1 Å². The third-order valence-electron chi connectivity index (χ3n) is 5.05. The lowest BCUT2D eigenvalue weighted by molar-refractivity contribution is -0.139. The molecule has 1 atom stereocenters. The van der Waals surface area contributed by atoms with Crippen molar-refractivity contribution in [3.05, 3.63) is 98.8 Å². The molecule has 3 aromatic carbocycles. The largest absolute Gasteiger partial charge is 0.508 e. The Morgan fingerprint density at radius 3 is 2.11 bits per heavy atom. The molecule has 5 N–H and O–H groups in total. The quantitative estimate of drug-likeness (QED) is 0.277. The van der Waals surface area contributed by atoms with Gasteiger partial charge in [0, 0.05) is 24.2 Å². The molecule has 0 aliphatic rings. The van der Waals surface area contributed by atoms with Crippen LogP contribution < -0.4 is 16.0 Å². The first-order chi connectivity index (χ1) is 17.5. The highest BCUT2D eigenvalue weighted by Gasteiger charge is 2.25. The lowest BCUT2D eigenvalue weighted by Gasteiger charge is -2.17. The SMILES string of the molecule is O=C(NCc1cccc(O)c1)c1cc(Cl)c(C(=O)N[C@@H](CNC(=O)c2cccc(F)c2)C(=O)O)c(Cl)c1. The number of carbonyl (C=O) groups is 4. The molecule has 0 unspecified atom stereocenters. The second-order valence-electron chi connectivity index (χ2n) is 7.75. The third-order valence-corrected chi connectivity index (χ3v) is 5.65. The summed E-state index contributed by atoms with van der Waals surface area (Å²) in [6.07, 6.45) is 0. The molecule has 0 radical (unpaired) electrons. The van der Waals surface area contributed by atoms with Gasteiger partial charge in [-0.25, -0.2) is 9.18 Å². The molecule has 3 aromatic rings. The van der Waals surface area contributed by atoms with Crippen LogP contribution in [0.2, 0.25) is 10.0 Å². The molecule has 3 rings (SSSR count). The van der Waals surface area contributed by atoms with Crippen LogP contribution in [-0.4, -0.2) is 46.5 Å². The average Bonchev–Trinajstić information content (AvgIpc) is 2.84. The molecule has 192 valence electrons. The standard InChI is InChI=1S/C25H20Cl2FN3O6/c26-18-9-15(23(34)29-11-13-3-1-6-17(32)7-13)10-19(27)21(18)24(35)31-20(25(36)37)12-30-22(33)14-4-2-5-16(28)8-14/h1-10,20,32H,11-12H2,(H,29,34)(H,30,33)(H,31,35)(H,36,37)/t20-/m0/s1. The molecule has 12 heteroatoms. The number of aromatic hydroxyl groups is 1. The number of phenolic OH excluding ortho intramolecular Hbond substituents is 1. The summed E-state index contributed by atoms with van der Waals surface area (Å²) in [7, 11) is 0. The van der Waals surface area contributed by atoms with Gasteiger partial charge in [-0.15, -0.1) is 0 Å². The molecule has 0 aliphatic heterocycles. The Balaban J connectivity index is 1.66. The van der Waals surface area contributed by atoms with Gasteiger partial charge in [-0.05, 0) is 48.0 Å². The summed E-state index contributed by atoms with van der Waals surface area (Å²) >= 11 is 12.4. The van der Waals surface area contributed by atoms with Crippen LogP contribution in [0.1, 0.15) is 36.6 Å². The van der Waals surface area contributed by atoms with Gasteiger partial charge in [0.1, 0.15) is 17.6 Å².